The van der Waals surface area contributed by atoms with Crippen LogP contribution in [0.2, 0.25) is 5.02 Å². The lowest BCUT2D eigenvalue weighted by Crippen LogP contribution is -2.24. The Morgan fingerprint density at radius 1 is 1.44 bits per heavy atom. The number of rotatable bonds is 5. The van der Waals surface area contributed by atoms with E-state index in [2.05, 4.69) is 19.2 Å². The van der Waals surface area contributed by atoms with Gasteiger partial charge in [-0.25, -0.2) is 4.39 Å². The van der Waals surface area contributed by atoms with Gasteiger partial charge in [-0.05, 0) is 25.5 Å². The largest absolute Gasteiger partial charge is 0.313 e. The van der Waals surface area contributed by atoms with E-state index in [9.17, 15) is 4.39 Å². The molecule has 0 aromatic heterocycles. The summed E-state index contributed by atoms with van der Waals surface area (Å²) in [5.74, 6) is 0.0921. The molecule has 3 heteroatoms. The number of nitrogens with one attached hydrogen (secondary N) is 1. The first-order chi connectivity index (χ1) is 7.61. The Hall–Kier alpha value is -0.600. The maximum atomic E-state index is 13.9. The number of hydrogen-bond acceptors (Lipinski definition) is 1. The summed E-state index contributed by atoms with van der Waals surface area (Å²) in [6.45, 7) is 4.27. The van der Waals surface area contributed by atoms with Crippen molar-refractivity contribution >= 4 is 11.6 Å². The van der Waals surface area contributed by atoms with Gasteiger partial charge in [0.1, 0.15) is 5.82 Å². The average Bonchev–Trinajstić information content (AvgIpc) is 2.25. The molecule has 0 bridgehead atoms. The Balaban J connectivity index is 2.99. The summed E-state index contributed by atoms with van der Waals surface area (Å²) >= 11 is 5.79. The smallest absolute Gasteiger partial charge is 0.146 e. The van der Waals surface area contributed by atoms with Gasteiger partial charge < -0.3 is 5.32 Å². The average molecular weight is 244 g/mol. The molecule has 0 saturated carbocycles. The molecule has 0 heterocycles. The summed E-state index contributed by atoms with van der Waals surface area (Å²) in [6.07, 6.45) is 2.17. The van der Waals surface area contributed by atoms with E-state index in [1.54, 1.807) is 18.2 Å². The van der Waals surface area contributed by atoms with Crippen LogP contribution in [-0.2, 0) is 0 Å². The second-order valence-corrected chi connectivity index (χ2v) is 4.58. The van der Waals surface area contributed by atoms with Crippen LogP contribution in [0.4, 0.5) is 4.39 Å². The molecule has 0 saturated heterocycles. The Kier molecular flexibility index (Phi) is 5.23. The highest BCUT2D eigenvalue weighted by atomic mass is 35.5. The van der Waals surface area contributed by atoms with Crippen LogP contribution < -0.4 is 5.32 Å². The fraction of sp³-hybridized carbons (Fsp3) is 0.538. The molecule has 1 nitrogen and oxygen atoms in total. The van der Waals surface area contributed by atoms with Crippen molar-refractivity contribution in [3.8, 4) is 0 Å². The van der Waals surface area contributed by atoms with E-state index in [1.807, 2.05) is 7.05 Å². The molecule has 0 aliphatic heterocycles. The lowest BCUT2D eigenvalue weighted by molar-refractivity contribution is 0.372. The van der Waals surface area contributed by atoms with Crippen molar-refractivity contribution in [1.82, 2.24) is 5.32 Å². The first kappa shape index (κ1) is 13.5. The molecular formula is C13H19ClFN. The molecule has 0 fully saturated rings. The van der Waals surface area contributed by atoms with Crippen LogP contribution in [0.25, 0.3) is 0 Å². The summed E-state index contributed by atoms with van der Waals surface area (Å²) in [5.41, 5.74) is 0.663. The van der Waals surface area contributed by atoms with Crippen LogP contribution in [0.15, 0.2) is 18.2 Å². The first-order valence-corrected chi connectivity index (χ1v) is 6.10. The highest BCUT2D eigenvalue weighted by Crippen LogP contribution is 2.29. The summed E-state index contributed by atoms with van der Waals surface area (Å²) < 4.78 is 13.9. The number of benzene rings is 1. The first-order valence-electron chi connectivity index (χ1n) is 5.73. The zero-order valence-electron chi connectivity index (χ0n) is 10.1. The summed E-state index contributed by atoms with van der Waals surface area (Å²) in [7, 11) is 1.86. The van der Waals surface area contributed by atoms with Crippen LogP contribution >= 0.6 is 11.6 Å². The molecule has 2 unspecified atom stereocenters. The molecular weight excluding hydrogens is 225 g/mol. The van der Waals surface area contributed by atoms with E-state index in [0.29, 0.717) is 11.5 Å². The highest BCUT2D eigenvalue weighted by Gasteiger charge is 2.21. The molecule has 16 heavy (non-hydrogen) atoms. The van der Waals surface area contributed by atoms with E-state index in [4.69, 9.17) is 11.6 Å². The van der Waals surface area contributed by atoms with E-state index in [-0.39, 0.29) is 16.9 Å². The zero-order valence-corrected chi connectivity index (χ0v) is 10.8. The minimum atomic E-state index is -0.300. The third kappa shape index (κ3) is 2.96. The third-order valence-electron chi connectivity index (χ3n) is 2.94. The maximum Gasteiger partial charge on any atom is 0.146 e. The minimum Gasteiger partial charge on any atom is -0.313 e. The molecule has 1 N–H and O–H groups in total. The lowest BCUT2D eigenvalue weighted by atomic mass is 9.91. The molecule has 0 spiro atoms. The molecule has 1 rings (SSSR count). The summed E-state index contributed by atoms with van der Waals surface area (Å²) in [6, 6.07) is 5.20. The van der Waals surface area contributed by atoms with Crippen molar-refractivity contribution in [3.63, 3.8) is 0 Å². The van der Waals surface area contributed by atoms with Crippen LogP contribution in [0.3, 0.4) is 0 Å². The SMILES string of the molecule is CCCC(C)C(NC)c1cccc(Cl)c1F. The van der Waals surface area contributed by atoms with Gasteiger partial charge in [0.05, 0.1) is 5.02 Å². The van der Waals surface area contributed by atoms with Crippen molar-refractivity contribution in [2.75, 3.05) is 7.05 Å². The topological polar surface area (TPSA) is 12.0 Å². The van der Waals surface area contributed by atoms with E-state index < -0.39 is 0 Å². The maximum absolute atomic E-state index is 13.9. The van der Waals surface area contributed by atoms with Gasteiger partial charge in [0.2, 0.25) is 0 Å². The van der Waals surface area contributed by atoms with E-state index in [0.717, 1.165) is 12.8 Å². The Morgan fingerprint density at radius 2 is 2.12 bits per heavy atom. The summed E-state index contributed by atoms with van der Waals surface area (Å²) in [4.78, 5) is 0. The number of halogens is 2. The van der Waals surface area contributed by atoms with Crippen LogP contribution in [0, 0.1) is 11.7 Å². The molecule has 90 valence electrons. The fourth-order valence-corrected chi connectivity index (χ4v) is 2.31. The predicted octanol–water partition coefficient (Wildman–Crippen LogP) is 4.18. The van der Waals surface area contributed by atoms with Gasteiger partial charge in [0, 0.05) is 11.6 Å². The van der Waals surface area contributed by atoms with Crippen LogP contribution in [-0.4, -0.2) is 7.05 Å². The number of hydrogen-bond donors (Lipinski definition) is 1. The van der Waals surface area contributed by atoms with Crippen LogP contribution in [0.1, 0.15) is 38.3 Å². The minimum absolute atomic E-state index is 0.0265. The molecule has 0 radical (unpaired) electrons. The van der Waals surface area contributed by atoms with Crippen molar-refractivity contribution in [2.45, 2.75) is 32.7 Å². The van der Waals surface area contributed by atoms with Gasteiger partial charge in [0.15, 0.2) is 0 Å². The standard InChI is InChI=1S/C13H19ClFN/c1-4-6-9(2)13(16-3)10-7-5-8-11(14)12(10)15/h5,7-9,13,16H,4,6H2,1-3H3. The molecule has 1 aromatic rings. The zero-order chi connectivity index (χ0) is 12.1. The van der Waals surface area contributed by atoms with Crippen LogP contribution in [0.5, 0.6) is 0 Å². The molecule has 2 atom stereocenters. The Labute approximate surface area is 102 Å². The molecule has 0 aliphatic carbocycles. The fourth-order valence-electron chi connectivity index (χ4n) is 2.13. The predicted molar refractivity (Wildman–Crippen MR) is 67.3 cm³/mol. The van der Waals surface area contributed by atoms with Gasteiger partial charge >= 0.3 is 0 Å². The third-order valence-corrected chi connectivity index (χ3v) is 3.23. The quantitative estimate of drug-likeness (QED) is 0.818. The lowest BCUT2D eigenvalue weighted by Gasteiger charge is -2.24. The van der Waals surface area contributed by atoms with Crippen molar-refractivity contribution in [1.29, 1.82) is 0 Å². The molecule has 0 amide bonds. The highest BCUT2D eigenvalue weighted by molar-refractivity contribution is 6.30. The van der Waals surface area contributed by atoms with Gasteiger partial charge in [0.25, 0.3) is 0 Å². The van der Waals surface area contributed by atoms with Gasteiger partial charge in [-0.15, -0.1) is 0 Å². The van der Waals surface area contributed by atoms with E-state index >= 15 is 0 Å². The van der Waals surface area contributed by atoms with Gasteiger partial charge in [-0.3, -0.25) is 0 Å². The van der Waals surface area contributed by atoms with E-state index in [1.165, 1.54) is 0 Å². The second kappa shape index (κ2) is 6.21. The second-order valence-electron chi connectivity index (χ2n) is 4.18. The Bertz CT molecular complexity index is 341. The van der Waals surface area contributed by atoms with Gasteiger partial charge in [-0.1, -0.05) is 44.0 Å². The van der Waals surface area contributed by atoms with Crippen molar-refractivity contribution < 1.29 is 4.39 Å². The normalized spacial score (nSPS) is 14.8. The summed E-state index contributed by atoms with van der Waals surface area (Å²) in [5, 5.41) is 3.37. The van der Waals surface area contributed by atoms with Crippen molar-refractivity contribution in [3.05, 3.63) is 34.6 Å². The van der Waals surface area contributed by atoms with Crippen molar-refractivity contribution in [2.24, 2.45) is 5.92 Å². The Morgan fingerprint density at radius 3 is 2.69 bits per heavy atom. The molecule has 0 aliphatic rings. The van der Waals surface area contributed by atoms with Gasteiger partial charge in [-0.2, -0.15) is 0 Å². The monoisotopic (exact) mass is 243 g/mol. The molecule has 1 aromatic carbocycles.